The zero-order valence-corrected chi connectivity index (χ0v) is 18.3. The largest absolute Gasteiger partial charge is 0.493 e. The number of oxazole rings is 1. The third-order valence-electron chi connectivity index (χ3n) is 5.71. The average Bonchev–Trinajstić information content (AvgIpc) is 3.13. The number of likely N-dealkylation sites (tertiary alicyclic amines) is 1. The Kier molecular flexibility index (Phi) is 6.37. The number of carbonyl (C=O) groups excluding carboxylic acids is 1. The van der Waals surface area contributed by atoms with Gasteiger partial charge in [0.1, 0.15) is 17.6 Å². The van der Waals surface area contributed by atoms with Crippen molar-refractivity contribution in [2.75, 3.05) is 20.3 Å². The number of ether oxygens (including phenoxy) is 2. The summed E-state index contributed by atoms with van der Waals surface area (Å²) in [6, 6.07) is 16.1. The summed E-state index contributed by atoms with van der Waals surface area (Å²) in [7, 11) is 1.44. The summed E-state index contributed by atoms with van der Waals surface area (Å²) in [6.45, 7) is 6.17. The van der Waals surface area contributed by atoms with E-state index in [0.717, 1.165) is 47.8 Å². The molecule has 0 spiro atoms. The van der Waals surface area contributed by atoms with Gasteiger partial charge >= 0.3 is 5.97 Å². The van der Waals surface area contributed by atoms with Crippen molar-refractivity contribution < 1.29 is 18.7 Å². The van der Waals surface area contributed by atoms with Gasteiger partial charge in [0, 0.05) is 25.1 Å². The fourth-order valence-corrected chi connectivity index (χ4v) is 3.70. The van der Waals surface area contributed by atoms with Crippen molar-refractivity contribution in [3.05, 3.63) is 71.1 Å². The number of aromatic nitrogens is 1. The van der Waals surface area contributed by atoms with Crippen molar-refractivity contribution in [2.24, 2.45) is 0 Å². The maximum Gasteiger partial charge on any atom is 0.323 e. The molecule has 0 radical (unpaired) electrons. The van der Waals surface area contributed by atoms with Gasteiger partial charge in [-0.3, -0.25) is 9.69 Å². The smallest absolute Gasteiger partial charge is 0.323 e. The minimum absolute atomic E-state index is 0.114. The summed E-state index contributed by atoms with van der Waals surface area (Å²) in [5, 5.41) is 0. The van der Waals surface area contributed by atoms with Crippen molar-refractivity contribution in [2.45, 2.75) is 39.3 Å². The van der Waals surface area contributed by atoms with E-state index in [-0.39, 0.29) is 12.0 Å². The highest BCUT2D eigenvalue weighted by molar-refractivity contribution is 5.76. The van der Waals surface area contributed by atoms with E-state index in [1.165, 1.54) is 12.7 Å². The van der Waals surface area contributed by atoms with Gasteiger partial charge in [0.05, 0.1) is 19.4 Å². The second kappa shape index (κ2) is 9.35. The van der Waals surface area contributed by atoms with E-state index < -0.39 is 0 Å². The molecular formula is C25H28N2O4. The van der Waals surface area contributed by atoms with Crippen LogP contribution in [-0.2, 0) is 22.5 Å². The van der Waals surface area contributed by atoms with E-state index in [4.69, 9.17) is 13.9 Å². The first-order chi connectivity index (χ1) is 15.0. The third-order valence-corrected chi connectivity index (χ3v) is 5.71. The molecule has 1 aliphatic rings. The van der Waals surface area contributed by atoms with Crippen molar-refractivity contribution in [1.82, 2.24) is 9.88 Å². The topological polar surface area (TPSA) is 64.8 Å². The summed E-state index contributed by atoms with van der Waals surface area (Å²) in [4.78, 5) is 18.5. The molecule has 2 heterocycles. The Labute approximate surface area is 182 Å². The molecule has 31 heavy (non-hydrogen) atoms. The monoisotopic (exact) mass is 420 g/mol. The summed E-state index contributed by atoms with van der Waals surface area (Å²) in [6.07, 6.45) is 1.54. The molecule has 0 amide bonds. The molecule has 162 valence electrons. The minimum Gasteiger partial charge on any atom is -0.493 e. The first-order valence-electron chi connectivity index (χ1n) is 10.6. The van der Waals surface area contributed by atoms with E-state index >= 15 is 0 Å². The van der Waals surface area contributed by atoms with Crippen LogP contribution in [0.3, 0.4) is 0 Å². The minimum atomic E-state index is -0.153. The molecule has 6 nitrogen and oxygen atoms in total. The number of carbonyl (C=O) groups is 1. The molecule has 3 aromatic rings. The molecule has 4 rings (SSSR count). The second-order valence-electron chi connectivity index (χ2n) is 7.93. The number of hydrogen-bond donors (Lipinski definition) is 0. The summed E-state index contributed by atoms with van der Waals surface area (Å²) >= 11 is 0. The van der Waals surface area contributed by atoms with Gasteiger partial charge in [-0.05, 0) is 50.1 Å². The molecule has 1 unspecified atom stereocenters. The maximum atomic E-state index is 11.7. The van der Waals surface area contributed by atoms with Gasteiger partial charge in [-0.15, -0.1) is 0 Å². The molecule has 0 N–H and O–H groups in total. The number of methoxy groups -OCH3 is 1. The second-order valence-corrected chi connectivity index (χ2v) is 7.93. The highest BCUT2D eigenvalue weighted by atomic mass is 16.5. The molecule has 1 aromatic heterocycles. The number of nitrogens with zero attached hydrogens (tertiary/aromatic N) is 2. The summed E-state index contributed by atoms with van der Waals surface area (Å²) in [5.41, 5.74) is 4.25. The van der Waals surface area contributed by atoms with Gasteiger partial charge < -0.3 is 13.9 Å². The van der Waals surface area contributed by atoms with Crippen LogP contribution in [0.1, 0.15) is 29.0 Å². The van der Waals surface area contributed by atoms with Crippen molar-refractivity contribution in [3.8, 4) is 17.2 Å². The SMILES string of the molecule is COC(=O)C1CCN1Cc1ccc(OCCc2nc(-c3ccc(C)cc3)oc2C)cc1. The Morgan fingerprint density at radius 1 is 1.13 bits per heavy atom. The lowest BCUT2D eigenvalue weighted by atomic mass is 10.0. The lowest BCUT2D eigenvalue weighted by Gasteiger charge is -2.38. The van der Waals surface area contributed by atoms with Gasteiger partial charge in [0.25, 0.3) is 0 Å². The third kappa shape index (κ3) is 4.97. The van der Waals surface area contributed by atoms with Crippen LogP contribution in [0.15, 0.2) is 52.9 Å². The molecule has 0 aliphatic carbocycles. The Bertz CT molecular complexity index is 1020. The molecule has 1 aliphatic heterocycles. The Hall–Kier alpha value is -3.12. The summed E-state index contributed by atoms with van der Waals surface area (Å²) in [5.74, 6) is 2.13. The quantitative estimate of drug-likeness (QED) is 0.506. The fourth-order valence-electron chi connectivity index (χ4n) is 3.70. The Morgan fingerprint density at radius 3 is 2.52 bits per heavy atom. The van der Waals surface area contributed by atoms with Crippen LogP contribution in [0.2, 0.25) is 0 Å². The van der Waals surface area contributed by atoms with E-state index in [9.17, 15) is 4.79 Å². The normalized spacial score (nSPS) is 16.0. The van der Waals surface area contributed by atoms with Crippen molar-refractivity contribution >= 4 is 5.97 Å². The number of hydrogen-bond acceptors (Lipinski definition) is 6. The van der Waals surface area contributed by atoms with Gasteiger partial charge in [0.2, 0.25) is 5.89 Å². The van der Waals surface area contributed by atoms with E-state index in [2.05, 4.69) is 28.9 Å². The van der Waals surface area contributed by atoms with Crippen LogP contribution in [0.25, 0.3) is 11.5 Å². The number of rotatable bonds is 8. The van der Waals surface area contributed by atoms with Crippen LogP contribution < -0.4 is 4.74 Å². The molecule has 1 atom stereocenters. The predicted molar refractivity (Wildman–Crippen MR) is 118 cm³/mol. The molecular weight excluding hydrogens is 392 g/mol. The highest BCUT2D eigenvalue weighted by Crippen LogP contribution is 2.24. The van der Waals surface area contributed by atoms with E-state index in [0.29, 0.717) is 18.9 Å². The van der Waals surface area contributed by atoms with Gasteiger partial charge in [-0.25, -0.2) is 4.98 Å². The van der Waals surface area contributed by atoms with Crippen LogP contribution >= 0.6 is 0 Å². The Morgan fingerprint density at radius 2 is 1.87 bits per heavy atom. The van der Waals surface area contributed by atoms with Crippen molar-refractivity contribution in [3.63, 3.8) is 0 Å². The predicted octanol–water partition coefficient (Wildman–Crippen LogP) is 4.33. The summed E-state index contributed by atoms with van der Waals surface area (Å²) < 4.78 is 16.6. The molecule has 1 saturated heterocycles. The van der Waals surface area contributed by atoms with Crippen LogP contribution in [-0.4, -0.2) is 42.2 Å². The fraction of sp³-hybridized carbons (Fsp3) is 0.360. The van der Waals surface area contributed by atoms with E-state index in [1.807, 2.05) is 43.3 Å². The molecule has 1 fully saturated rings. The van der Waals surface area contributed by atoms with Crippen LogP contribution in [0, 0.1) is 13.8 Å². The van der Waals surface area contributed by atoms with Crippen LogP contribution in [0.5, 0.6) is 5.75 Å². The number of benzene rings is 2. The standard InChI is InChI=1S/C25H28N2O4/c1-17-4-8-20(9-5-17)24-26-22(18(2)31-24)13-15-30-21-10-6-19(7-11-21)16-27-14-12-23(27)25(28)29-3/h4-11,23H,12-16H2,1-3H3. The lowest BCUT2D eigenvalue weighted by molar-refractivity contribution is -0.152. The van der Waals surface area contributed by atoms with Gasteiger partial charge in [-0.1, -0.05) is 29.8 Å². The number of aryl methyl sites for hydroxylation is 2. The first kappa shape index (κ1) is 21.1. The molecule has 0 saturated carbocycles. The maximum absolute atomic E-state index is 11.7. The lowest BCUT2D eigenvalue weighted by Crippen LogP contribution is -2.52. The molecule has 6 heteroatoms. The molecule has 2 aromatic carbocycles. The molecule has 0 bridgehead atoms. The van der Waals surface area contributed by atoms with Crippen molar-refractivity contribution in [1.29, 1.82) is 0 Å². The van der Waals surface area contributed by atoms with E-state index in [1.54, 1.807) is 0 Å². The first-order valence-corrected chi connectivity index (χ1v) is 10.6. The Balaban J connectivity index is 1.28. The van der Waals surface area contributed by atoms with Gasteiger partial charge in [0.15, 0.2) is 0 Å². The zero-order chi connectivity index (χ0) is 21.8. The van der Waals surface area contributed by atoms with Gasteiger partial charge in [-0.2, -0.15) is 0 Å². The number of esters is 1. The highest BCUT2D eigenvalue weighted by Gasteiger charge is 2.34. The average molecular weight is 421 g/mol. The zero-order valence-electron chi connectivity index (χ0n) is 18.3. The van der Waals surface area contributed by atoms with Crippen LogP contribution in [0.4, 0.5) is 0 Å².